The predicted molar refractivity (Wildman–Crippen MR) is 197 cm³/mol. The lowest BCUT2D eigenvalue weighted by molar-refractivity contribution is 0.670. The fourth-order valence-electron chi connectivity index (χ4n) is 6.73. The van der Waals surface area contributed by atoms with Crippen LogP contribution in [-0.2, 0) is 0 Å². The van der Waals surface area contributed by atoms with Crippen LogP contribution in [0.3, 0.4) is 0 Å². The van der Waals surface area contributed by atoms with Crippen molar-refractivity contribution in [3.05, 3.63) is 146 Å². The van der Waals surface area contributed by atoms with Crippen LogP contribution in [-0.4, -0.2) is 19.9 Å². The fourth-order valence-corrected chi connectivity index (χ4v) is 7.96. The molecule has 4 aromatic heterocycles. The minimum atomic E-state index is 0.591. The van der Waals surface area contributed by atoms with Crippen LogP contribution in [0.1, 0.15) is 0 Å². The first-order valence-electron chi connectivity index (χ1n) is 15.8. The first-order chi connectivity index (χ1) is 23.8. The van der Waals surface area contributed by atoms with Crippen LogP contribution in [0, 0.1) is 0 Å². The highest BCUT2D eigenvalue weighted by Crippen LogP contribution is 2.46. The van der Waals surface area contributed by atoms with Crippen molar-refractivity contribution in [3.63, 3.8) is 0 Å². The first kappa shape index (κ1) is 26.9. The van der Waals surface area contributed by atoms with E-state index < -0.39 is 0 Å². The molecule has 5 nitrogen and oxygen atoms in total. The van der Waals surface area contributed by atoms with Gasteiger partial charge in [0.25, 0.3) is 0 Å². The minimum absolute atomic E-state index is 0.591. The van der Waals surface area contributed by atoms with Crippen molar-refractivity contribution >= 4 is 64.4 Å². The zero-order chi connectivity index (χ0) is 31.6. The van der Waals surface area contributed by atoms with Crippen molar-refractivity contribution < 1.29 is 4.42 Å². The molecular weight excluding hydrogens is 609 g/mol. The number of benzene rings is 6. The third kappa shape index (κ3) is 4.24. The summed E-state index contributed by atoms with van der Waals surface area (Å²) >= 11 is 1.82. The molecule has 0 saturated heterocycles. The average Bonchev–Trinajstić information content (AvgIpc) is 3.73. The van der Waals surface area contributed by atoms with Gasteiger partial charge in [-0.25, -0.2) is 15.0 Å². The van der Waals surface area contributed by atoms with Gasteiger partial charge in [-0.2, -0.15) is 0 Å². The number of pyridine rings is 1. The van der Waals surface area contributed by atoms with E-state index in [1.807, 2.05) is 90.3 Å². The van der Waals surface area contributed by atoms with Crippen LogP contribution in [0.4, 0.5) is 0 Å². The molecule has 0 aliphatic rings. The highest BCUT2D eigenvalue weighted by atomic mass is 32.1. The molecule has 0 aliphatic carbocycles. The molecule has 6 heteroatoms. The summed E-state index contributed by atoms with van der Waals surface area (Å²) in [6.07, 6.45) is 1.82. The number of furan rings is 1. The third-order valence-electron chi connectivity index (χ3n) is 8.98. The van der Waals surface area contributed by atoms with Gasteiger partial charge in [-0.15, -0.1) is 11.3 Å². The molecule has 224 valence electrons. The molecule has 0 aliphatic heterocycles. The largest absolute Gasteiger partial charge is 0.455 e. The van der Waals surface area contributed by atoms with Gasteiger partial charge in [0, 0.05) is 76.4 Å². The van der Waals surface area contributed by atoms with Crippen molar-refractivity contribution in [2.45, 2.75) is 0 Å². The zero-order valence-electron chi connectivity index (χ0n) is 25.5. The molecule has 0 spiro atoms. The minimum Gasteiger partial charge on any atom is -0.455 e. The summed E-state index contributed by atoms with van der Waals surface area (Å²) < 4.78 is 9.35. The Bertz CT molecular complexity index is 2780. The predicted octanol–water partition coefficient (Wildman–Crippen LogP) is 11.4. The summed E-state index contributed by atoms with van der Waals surface area (Å²) in [5.41, 5.74) is 7.36. The molecule has 0 fully saturated rings. The maximum Gasteiger partial charge on any atom is 0.164 e. The van der Waals surface area contributed by atoms with Gasteiger partial charge < -0.3 is 4.42 Å². The smallest absolute Gasteiger partial charge is 0.164 e. The summed E-state index contributed by atoms with van der Waals surface area (Å²) in [6, 6.07) is 47.9. The van der Waals surface area contributed by atoms with Crippen molar-refractivity contribution in [3.8, 4) is 45.3 Å². The Kier molecular flexibility index (Phi) is 5.98. The van der Waals surface area contributed by atoms with E-state index in [4.69, 9.17) is 19.4 Å². The maximum absolute atomic E-state index is 6.85. The first-order valence-corrected chi connectivity index (χ1v) is 16.6. The van der Waals surface area contributed by atoms with Gasteiger partial charge >= 0.3 is 0 Å². The van der Waals surface area contributed by atoms with E-state index in [2.05, 4.69) is 71.7 Å². The lowest BCUT2D eigenvalue weighted by Crippen LogP contribution is -2.00. The van der Waals surface area contributed by atoms with Gasteiger partial charge in [0.2, 0.25) is 0 Å². The van der Waals surface area contributed by atoms with Crippen molar-refractivity contribution in [1.29, 1.82) is 0 Å². The molecule has 0 N–H and O–H groups in total. The summed E-state index contributed by atoms with van der Waals surface area (Å²) in [6.45, 7) is 0. The second kappa shape index (κ2) is 10.7. The molecule has 10 aromatic rings. The Hall–Kier alpha value is -6.24. The molecule has 6 aromatic carbocycles. The van der Waals surface area contributed by atoms with Crippen LogP contribution >= 0.6 is 11.3 Å². The molecule has 0 amide bonds. The van der Waals surface area contributed by atoms with Gasteiger partial charge in [-0.3, -0.25) is 4.98 Å². The molecule has 48 heavy (non-hydrogen) atoms. The highest BCUT2D eigenvalue weighted by molar-refractivity contribution is 7.26. The van der Waals surface area contributed by atoms with E-state index in [1.165, 1.54) is 20.2 Å². The van der Waals surface area contributed by atoms with Crippen LogP contribution < -0.4 is 0 Å². The SMILES string of the molecule is c1ccc(-c2nc(-c3ccccc3)nc(-c3ccc(-c4cccc5c4sc4ccccc45)c4oc5cc6ncccc6cc5c34)n2)cc1. The zero-order valence-corrected chi connectivity index (χ0v) is 26.3. The van der Waals surface area contributed by atoms with Gasteiger partial charge in [-0.1, -0.05) is 103 Å². The van der Waals surface area contributed by atoms with Gasteiger partial charge in [0.05, 0.1) is 5.52 Å². The van der Waals surface area contributed by atoms with E-state index >= 15 is 0 Å². The Balaban J connectivity index is 1.30. The van der Waals surface area contributed by atoms with E-state index in [0.717, 1.165) is 60.7 Å². The van der Waals surface area contributed by atoms with Gasteiger partial charge in [-0.05, 0) is 30.3 Å². The normalized spacial score (nSPS) is 11.8. The Morgan fingerprint density at radius 2 is 1.19 bits per heavy atom. The second-order valence-electron chi connectivity index (χ2n) is 11.8. The molecule has 0 saturated carbocycles. The number of nitrogens with zero attached hydrogens (tertiary/aromatic N) is 4. The number of rotatable bonds is 4. The number of fused-ring (bicyclic) bond motifs is 7. The Morgan fingerprint density at radius 1 is 0.500 bits per heavy atom. The van der Waals surface area contributed by atoms with Crippen LogP contribution in [0.25, 0.3) is 98.3 Å². The second-order valence-corrected chi connectivity index (χ2v) is 12.9. The van der Waals surface area contributed by atoms with Crippen LogP contribution in [0.15, 0.2) is 150 Å². The molecule has 0 bridgehead atoms. The Labute approximate surface area is 278 Å². The summed E-state index contributed by atoms with van der Waals surface area (Å²) in [5.74, 6) is 1.83. The summed E-state index contributed by atoms with van der Waals surface area (Å²) in [4.78, 5) is 19.8. The van der Waals surface area contributed by atoms with E-state index in [1.54, 1.807) is 0 Å². The molecule has 4 heterocycles. The maximum atomic E-state index is 6.85. The van der Waals surface area contributed by atoms with E-state index in [-0.39, 0.29) is 0 Å². The standard InChI is InChI=1S/C42H24N4OS/c1-3-11-25(12-4-1)40-44-41(26-13-5-2-6-14-26)46-42(45-40)32-21-20-29(31-18-9-17-30-28-16-7-8-19-36(28)48-39(30)31)38-37(32)33-23-27-15-10-22-43-34(27)24-35(33)47-38/h1-24H. The highest BCUT2D eigenvalue weighted by Gasteiger charge is 2.22. The van der Waals surface area contributed by atoms with Crippen LogP contribution in [0.2, 0.25) is 0 Å². The molecule has 0 radical (unpaired) electrons. The molecule has 10 rings (SSSR count). The fraction of sp³-hybridized carbons (Fsp3) is 0. The van der Waals surface area contributed by atoms with E-state index in [0.29, 0.717) is 17.5 Å². The quantitative estimate of drug-likeness (QED) is 0.193. The summed E-state index contributed by atoms with van der Waals surface area (Å²) in [7, 11) is 0. The Morgan fingerprint density at radius 3 is 1.98 bits per heavy atom. The number of hydrogen-bond donors (Lipinski definition) is 0. The monoisotopic (exact) mass is 632 g/mol. The number of thiophene rings is 1. The number of aromatic nitrogens is 4. The van der Waals surface area contributed by atoms with E-state index in [9.17, 15) is 0 Å². The average molecular weight is 633 g/mol. The third-order valence-corrected chi connectivity index (χ3v) is 10.2. The van der Waals surface area contributed by atoms with Crippen molar-refractivity contribution in [2.75, 3.05) is 0 Å². The lowest BCUT2D eigenvalue weighted by Gasteiger charge is -2.11. The lowest BCUT2D eigenvalue weighted by atomic mass is 9.96. The van der Waals surface area contributed by atoms with Gasteiger partial charge in [0.15, 0.2) is 17.5 Å². The topological polar surface area (TPSA) is 64.7 Å². The van der Waals surface area contributed by atoms with Crippen LogP contribution in [0.5, 0.6) is 0 Å². The molecule has 0 atom stereocenters. The number of hydrogen-bond acceptors (Lipinski definition) is 6. The summed E-state index contributed by atoms with van der Waals surface area (Å²) in [5, 5.41) is 5.51. The van der Waals surface area contributed by atoms with Gasteiger partial charge in [0.1, 0.15) is 11.2 Å². The molecule has 0 unspecified atom stereocenters. The van der Waals surface area contributed by atoms with Crippen molar-refractivity contribution in [2.24, 2.45) is 0 Å². The van der Waals surface area contributed by atoms with Crippen molar-refractivity contribution in [1.82, 2.24) is 19.9 Å². The molecular formula is C42H24N4OS.